The van der Waals surface area contributed by atoms with Crippen LogP contribution in [0.1, 0.15) is 24.3 Å². The molecular formula is C16H14FNO4S2. The monoisotopic (exact) mass is 367 g/mol. The van der Waals surface area contributed by atoms with Gasteiger partial charge in [-0.15, -0.1) is 11.3 Å². The van der Waals surface area contributed by atoms with Crippen LogP contribution in [0.4, 0.5) is 4.39 Å². The molecule has 2 heterocycles. The number of carbonyl (C=O) groups is 1. The molecular weight excluding hydrogens is 353 g/mol. The minimum absolute atomic E-state index is 0.0562. The van der Waals surface area contributed by atoms with E-state index in [-0.39, 0.29) is 26.9 Å². The van der Waals surface area contributed by atoms with Crippen molar-refractivity contribution in [2.45, 2.75) is 24.3 Å². The predicted molar refractivity (Wildman–Crippen MR) is 89.1 cm³/mol. The van der Waals surface area contributed by atoms with Crippen LogP contribution in [-0.2, 0) is 19.6 Å². The van der Waals surface area contributed by atoms with Gasteiger partial charge in [0.1, 0.15) is 11.6 Å². The number of carbonyl (C=O) groups excluding carboxylic acids is 1. The van der Waals surface area contributed by atoms with Gasteiger partial charge in [-0.25, -0.2) is 17.9 Å². The third-order valence-corrected chi connectivity index (χ3v) is 5.48. The van der Waals surface area contributed by atoms with E-state index < -0.39 is 21.4 Å². The highest BCUT2D eigenvalue weighted by atomic mass is 32.2. The van der Waals surface area contributed by atoms with E-state index in [9.17, 15) is 17.6 Å². The second-order valence-electron chi connectivity index (χ2n) is 5.81. The number of ketones is 1. The van der Waals surface area contributed by atoms with Crippen molar-refractivity contribution in [3.8, 4) is 0 Å². The zero-order valence-corrected chi connectivity index (χ0v) is 14.5. The zero-order valence-electron chi connectivity index (χ0n) is 12.9. The zero-order chi connectivity index (χ0) is 17.7. The van der Waals surface area contributed by atoms with Crippen LogP contribution in [0.25, 0.3) is 11.3 Å². The van der Waals surface area contributed by atoms with Gasteiger partial charge in [-0.05, 0) is 49.6 Å². The number of hydrogen-bond donors (Lipinski definition) is 1. The summed E-state index contributed by atoms with van der Waals surface area (Å²) < 4.78 is 42.5. The molecule has 2 aromatic rings. The first-order valence-corrected chi connectivity index (χ1v) is 9.38. The Morgan fingerprint density at radius 2 is 1.79 bits per heavy atom. The van der Waals surface area contributed by atoms with Gasteiger partial charge in [0.25, 0.3) is 0 Å². The molecule has 0 fully saturated rings. The lowest BCUT2D eigenvalue weighted by atomic mass is 9.97. The summed E-state index contributed by atoms with van der Waals surface area (Å²) >= 11 is 1.11. The number of thiophene rings is 1. The summed E-state index contributed by atoms with van der Waals surface area (Å²) in [6.07, 6.45) is 0. The number of halogens is 1. The van der Waals surface area contributed by atoms with Crippen molar-refractivity contribution < 1.29 is 22.3 Å². The molecule has 2 N–H and O–H groups in total. The molecule has 0 saturated carbocycles. The molecule has 0 atom stereocenters. The maximum absolute atomic E-state index is 14.0. The summed E-state index contributed by atoms with van der Waals surface area (Å²) in [5.41, 5.74) is -0.486. The van der Waals surface area contributed by atoms with Crippen molar-refractivity contribution >= 4 is 38.5 Å². The molecule has 5 nitrogen and oxygen atoms in total. The van der Waals surface area contributed by atoms with E-state index in [2.05, 4.69) is 0 Å². The molecule has 3 rings (SSSR count). The van der Waals surface area contributed by atoms with Gasteiger partial charge in [-0.2, -0.15) is 0 Å². The molecule has 1 aromatic carbocycles. The molecule has 0 spiro atoms. The topological polar surface area (TPSA) is 86.5 Å². The van der Waals surface area contributed by atoms with Gasteiger partial charge in [0.2, 0.25) is 15.8 Å². The Bertz CT molecular complexity index is 956. The minimum atomic E-state index is -3.82. The minimum Gasteiger partial charge on any atom is -0.478 e. The summed E-state index contributed by atoms with van der Waals surface area (Å²) in [5, 5.41) is 6.63. The summed E-state index contributed by atoms with van der Waals surface area (Å²) in [6, 6.07) is 6.89. The van der Waals surface area contributed by atoms with Crippen LogP contribution in [0.2, 0.25) is 0 Å². The molecule has 1 aliphatic rings. The highest BCUT2D eigenvalue weighted by Gasteiger charge is 2.44. The van der Waals surface area contributed by atoms with Gasteiger partial charge in [0.05, 0.1) is 15.3 Å². The van der Waals surface area contributed by atoms with E-state index in [4.69, 9.17) is 9.88 Å². The number of Topliss-reactive ketones (excluding diaryl/α,β-unsaturated/α-hetero) is 1. The summed E-state index contributed by atoms with van der Waals surface area (Å²) in [5.74, 6) is -0.593. The largest absolute Gasteiger partial charge is 0.478 e. The number of sulfonamides is 1. The Morgan fingerprint density at radius 1 is 1.17 bits per heavy atom. The van der Waals surface area contributed by atoms with Crippen LogP contribution in [0, 0.1) is 5.82 Å². The lowest BCUT2D eigenvalue weighted by molar-refractivity contribution is -0.125. The first-order valence-electron chi connectivity index (χ1n) is 6.96. The smallest absolute Gasteiger partial charge is 0.238 e. The second-order valence-corrected chi connectivity index (χ2v) is 8.29. The number of nitrogens with two attached hydrogens (primary N) is 1. The number of primary sulfonamides is 1. The lowest BCUT2D eigenvalue weighted by Gasteiger charge is -2.17. The molecule has 0 amide bonds. The summed E-state index contributed by atoms with van der Waals surface area (Å²) in [4.78, 5) is 12.8. The fourth-order valence-electron chi connectivity index (χ4n) is 2.43. The third kappa shape index (κ3) is 2.77. The number of benzene rings is 1. The van der Waals surface area contributed by atoms with Crippen molar-refractivity contribution in [1.29, 1.82) is 0 Å². The van der Waals surface area contributed by atoms with Crippen LogP contribution >= 0.6 is 11.3 Å². The molecule has 0 radical (unpaired) electrons. The first kappa shape index (κ1) is 16.8. The molecule has 24 heavy (non-hydrogen) atoms. The van der Waals surface area contributed by atoms with Gasteiger partial charge in [-0.1, -0.05) is 0 Å². The Hall–Kier alpha value is -2.03. The van der Waals surface area contributed by atoms with E-state index in [0.717, 1.165) is 11.3 Å². The van der Waals surface area contributed by atoms with E-state index in [1.165, 1.54) is 30.3 Å². The maximum atomic E-state index is 14.0. The van der Waals surface area contributed by atoms with Crippen LogP contribution in [0.3, 0.4) is 0 Å². The van der Waals surface area contributed by atoms with Gasteiger partial charge in [0, 0.05) is 5.56 Å². The molecule has 0 aliphatic carbocycles. The first-order chi connectivity index (χ1) is 11.1. The van der Waals surface area contributed by atoms with Crippen molar-refractivity contribution in [3.05, 3.63) is 52.0 Å². The van der Waals surface area contributed by atoms with Crippen molar-refractivity contribution in [2.24, 2.45) is 5.14 Å². The van der Waals surface area contributed by atoms with Gasteiger partial charge in [-0.3, -0.25) is 4.79 Å². The molecule has 8 heteroatoms. The molecule has 0 bridgehead atoms. The van der Waals surface area contributed by atoms with Crippen molar-refractivity contribution in [3.63, 3.8) is 0 Å². The third-order valence-electron chi connectivity index (χ3n) is 3.65. The predicted octanol–water partition coefficient (Wildman–Crippen LogP) is 2.78. The lowest BCUT2D eigenvalue weighted by Crippen LogP contribution is -2.29. The van der Waals surface area contributed by atoms with Crippen LogP contribution < -0.4 is 5.14 Å². The van der Waals surface area contributed by atoms with Gasteiger partial charge < -0.3 is 4.74 Å². The second kappa shape index (κ2) is 5.51. The van der Waals surface area contributed by atoms with Gasteiger partial charge in [0.15, 0.2) is 5.60 Å². The van der Waals surface area contributed by atoms with E-state index in [0.29, 0.717) is 5.56 Å². The Balaban J connectivity index is 2.17. The molecule has 126 valence electrons. The summed E-state index contributed by atoms with van der Waals surface area (Å²) in [7, 11) is -3.82. The number of ether oxygens (including phenoxy) is 1. The van der Waals surface area contributed by atoms with E-state index >= 15 is 0 Å². The normalized spacial score (nSPS) is 17.2. The Labute approximate surface area is 142 Å². The fourth-order valence-corrected chi connectivity index (χ4v) is 3.76. The van der Waals surface area contributed by atoms with Crippen LogP contribution in [0.15, 0.2) is 40.6 Å². The molecule has 1 aliphatic heterocycles. The van der Waals surface area contributed by atoms with Gasteiger partial charge >= 0.3 is 0 Å². The van der Waals surface area contributed by atoms with E-state index in [1.807, 2.05) is 0 Å². The number of hydrogen-bond acceptors (Lipinski definition) is 5. The van der Waals surface area contributed by atoms with Crippen LogP contribution in [0.5, 0.6) is 0 Å². The standard InChI is InChI=1S/C16H14FNO4S2/c1-16(2)15(19)12(14-11(17)7-8-23-14)13(22-16)9-3-5-10(6-4-9)24(18,20)21/h3-8H,1-2H3,(H2,18,20,21). The highest BCUT2D eigenvalue weighted by molar-refractivity contribution is 7.89. The molecule has 0 saturated heterocycles. The quantitative estimate of drug-likeness (QED) is 0.904. The number of rotatable bonds is 3. The average molecular weight is 367 g/mol. The van der Waals surface area contributed by atoms with Crippen LogP contribution in [-0.4, -0.2) is 19.8 Å². The maximum Gasteiger partial charge on any atom is 0.238 e. The van der Waals surface area contributed by atoms with Crippen molar-refractivity contribution in [1.82, 2.24) is 0 Å². The summed E-state index contributed by atoms with van der Waals surface area (Å²) in [6.45, 7) is 3.21. The van der Waals surface area contributed by atoms with E-state index in [1.54, 1.807) is 19.2 Å². The molecule has 1 aromatic heterocycles. The Kier molecular flexibility index (Phi) is 3.86. The highest BCUT2D eigenvalue weighted by Crippen LogP contribution is 2.43. The van der Waals surface area contributed by atoms with Crippen molar-refractivity contribution in [2.75, 3.05) is 0 Å². The molecule has 0 unspecified atom stereocenters. The Morgan fingerprint density at radius 3 is 2.29 bits per heavy atom. The average Bonchev–Trinajstić information content (AvgIpc) is 3.00. The fraction of sp³-hybridized carbons (Fsp3) is 0.188. The SMILES string of the molecule is CC1(C)OC(c2ccc(S(N)(=O)=O)cc2)=C(c2sccc2F)C1=O.